The predicted molar refractivity (Wildman–Crippen MR) is 193 cm³/mol. The summed E-state index contributed by atoms with van der Waals surface area (Å²) >= 11 is 0. The number of carbonyl (C=O) groups is 4. The third-order valence-electron chi connectivity index (χ3n) is 7.63. The van der Waals surface area contributed by atoms with Crippen molar-refractivity contribution in [2.75, 3.05) is 16.2 Å². The molecule has 0 aromatic heterocycles. The molecule has 0 atom stereocenters. The molecule has 0 radical (unpaired) electrons. The van der Waals surface area contributed by atoms with Crippen molar-refractivity contribution in [2.45, 2.75) is 0 Å². The minimum absolute atomic E-state index is 0. The first-order valence-electron chi connectivity index (χ1n) is 15.4. The number of nitrogens with one attached hydrogen (secondary N) is 3. The van der Waals surface area contributed by atoms with E-state index in [0.717, 1.165) is 18.2 Å². The van der Waals surface area contributed by atoms with Crippen molar-refractivity contribution >= 4 is 79.7 Å². The number of fused-ring (bicyclic) bond motifs is 1. The fraction of sp³-hybridized carbons (Fsp3) is 0. The normalized spacial score (nSPS) is 15.2. The summed E-state index contributed by atoms with van der Waals surface area (Å²) in [5, 5.41) is 34.5. The van der Waals surface area contributed by atoms with Crippen LogP contribution in [0.1, 0.15) is 31.8 Å². The second-order valence-electron chi connectivity index (χ2n) is 11.2. The van der Waals surface area contributed by atoms with Crippen molar-refractivity contribution in [3.05, 3.63) is 148 Å². The molecule has 6 rings (SSSR count). The molecule has 4 aromatic rings. The molecule has 55 heavy (non-hydrogen) atoms. The number of carbonyl (C=O) groups excluding carboxylic acids is 4. The van der Waals surface area contributed by atoms with Gasteiger partial charge in [-0.25, -0.2) is 0 Å². The zero-order valence-corrected chi connectivity index (χ0v) is 33.8. The number of ketones is 2. The molecular weight excluding hydrogens is 750 g/mol. The van der Waals surface area contributed by atoms with E-state index < -0.39 is 55.6 Å². The topological polar surface area (TPSA) is 242 Å². The SMILES string of the molecule is O=C([O-])C1=C/C(=N\Nc2ccc(C([O-])=Nc3ccc(N/N=C4/C(=O)c5ccc(NC(=O)c6ccccc6)cc5C=C4S(=O)(=O)O)cc3)cc2)C=CC1=O.[Na+].[Na+]. The number of carboxylic acid groups (broad SMARTS) is 1. The molecule has 1 amide bonds. The summed E-state index contributed by atoms with van der Waals surface area (Å²) in [6.07, 6.45) is 4.55. The Hall–Kier alpha value is -5.30. The van der Waals surface area contributed by atoms with E-state index in [4.69, 9.17) is 0 Å². The van der Waals surface area contributed by atoms with Crippen LogP contribution < -0.4 is 85.5 Å². The van der Waals surface area contributed by atoms with Crippen LogP contribution in [0.3, 0.4) is 0 Å². The van der Waals surface area contributed by atoms with E-state index >= 15 is 0 Å². The standard InChI is InChI=1S/C37H26N6O9S.2Na/c44-31-17-15-28(20-30(31)37(48)49)42-40-25-8-6-22(7-9-25)36(47)38-24-10-12-26(13-11-24)41-43-33-32(53(50,51)52)19-23-18-27(14-16-29(23)34(33)45)39-35(46)21-4-2-1-3-5-21;;/h1-20,40-41H,(H,38,47)(H,39,46)(H,48,49)(H,50,51,52);;/q;2*+1/p-2/b42-28-,43-33+;;. The molecule has 0 heterocycles. The second-order valence-corrected chi connectivity index (χ2v) is 12.6. The van der Waals surface area contributed by atoms with Crippen LogP contribution in [0.4, 0.5) is 22.7 Å². The number of hydrogen-bond donors (Lipinski definition) is 4. The smallest absolute Gasteiger partial charge is 0.858 e. The molecule has 18 heteroatoms. The fourth-order valence-corrected chi connectivity index (χ4v) is 5.65. The second kappa shape index (κ2) is 18.4. The molecule has 2 aliphatic carbocycles. The van der Waals surface area contributed by atoms with Crippen molar-refractivity contribution in [1.82, 2.24) is 0 Å². The maximum atomic E-state index is 13.4. The summed E-state index contributed by atoms with van der Waals surface area (Å²) in [7, 11) is -4.92. The van der Waals surface area contributed by atoms with Gasteiger partial charge in [0.05, 0.1) is 28.7 Å². The monoisotopic (exact) mass is 774 g/mol. The van der Waals surface area contributed by atoms with E-state index in [-0.39, 0.29) is 87.2 Å². The molecule has 4 aromatic carbocycles. The summed E-state index contributed by atoms with van der Waals surface area (Å²) < 4.78 is 34.6. The van der Waals surface area contributed by atoms with Crippen molar-refractivity contribution in [3.63, 3.8) is 0 Å². The Morgan fingerprint density at radius 3 is 1.96 bits per heavy atom. The molecule has 0 saturated heterocycles. The molecule has 0 fully saturated rings. The summed E-state index contributed by atoms with van der Waals surface area (Å²) in [6.45, 7) is 0. The van der Waals surface area contributed by atoms with Crippen LogP contribution in [-0.2, 0) is 19.7 Å². The van der Waals surface area contributed by atoms with Gasteiger partial charge in [-0.05, 0) is 108 Å². The van der Waals surface area contributed by atoms with Gasteiger partial charge >= 0.3 is 59.1 Å². The van der Waals surface area contributed by atoms with Gasteiger partial charge in [-0.15, -0.1) is 0 Å². The molecule has 0 spiro atoms. The quantitative estimate of drug-likeness (QED) is 0.0239. The summed E-state index contributed by atoms with van der Waals surface area (Å²) in [4.78, 5) is 51.9. The van der Waals surface area contributed by atoms with Crippen LogP contribution in [0, 0.1) is 0 Å². The molecule has 264 valence electrons. The van der Waals surface area contributed by atoms with E-state index in [2.05, 4.69) is 31.4 Å². The molecule has 0 unspecified atom stereocenters. The molecule has 0 saturated carbocycles. The van der Waals surface area contributed by atoms with Gasteiger partial charge < -0.3 is 20.3 Å². The first-order valence-corrected chi connectivity index (χ1v) is 16.8. The molecule has 0 bridgehead atoms. The first kappa shape index (κ1) is 42.4. The number of anilines is 3. The third kappa shape index (κ3) is 10.5. The Bertz CT molecular complexity index is 2480. The first-order chi connectivity index (χ1) is 25.4. The fourth-order valence-electron chi connectivity index (χ4n) is 4.99. The van der Waals surface area contributed by atoms with Gasteiger partial charge in [0.1, 0.15) is 4.91 Å². The zero-order chi connectivity index (χ0) is 37.7. The number of aliphatic carboxylic acids is 1. The van der Waals surface area contributed by atoms with Gasteiger partial charge in [0.2, 0.25) is 5.78 Å². The average Bonchev–Trinajstić information content (AvgIpc) is 3.14. The number of allylic oxidation sites excluding steroid dienone is 4. The van der Waals surface area contributed by atoms with Crippen molar-refractivity contribution in [1.29, 1.82) is 0 Å². The van der Waals surface area contributed by atoms with Gasteiger partial charge in [0.25, 0.3) is 16.0 Å². The zero-order valence-electron chi connectivity index (χ0n) is 29.0. The van der Waals surface area contributed by atoms with E-state index in [9.17, 15) is 42.4 Å². The van der Waals surface area contributed by atoms with E-state index in [1.165, 1.54) is 60.7 Å². The molecule has 0 aliphatic heterocycles. The molecular formula is C37H24N6Na2O9S. The number of amides is 1. The van der Waals surface area contributed by atoms with Crippen LogP contribution in [-0.4, -0.2) is 53.7 Å². The average molecular weight is 775 g/mol. The van der Waals surface area contributed by atoms with E-state index in [1.54, 1.807) is 42.5 Å². The van der Waals surface area contributed by atoms with Crippen LogP contribution in [0.2, 0.25) is 0 Å². The Morgan fingerprint density at radius 2 is 1.33 bits per heavy atom. The van der Waals surface area contributed by atoms with Crippen LogP contribution in [0.5, 0.6) is 0 Å². The summed E-state index contributed by atoms with van der Waals surface area (Å²) in [5.41, 5.74) is 6.56. The van der Waals surface area contributed by atoms with E-state index in [1.807, 2.05) is 0 Å². The Morgan fingerprint density at radius 1 is 0.709 bits per heavy atom. The molecule has 15 nitrogen and oxygen atoms in total. The van der Waals surface area contributed by atoms with Crippen molar-refractivity contribution in [2.24, 2.45) is 15.2 Å². The van der Waals surface area contributed by atoms with Crippen molar-refractivity contribution < 1.29 is 101 Å². The minimum atomic E-state index is -4.92. The van der Waals surface area contributed by atoms with Crippen LogP contribution >= 0.6 is 0 Å². The van der Waals surface area contributed by atoms with Gasteiger partial charge in [0, 0.05) is 22.4 Å². The maximum Gasteiger partial charge on any atom is 1.00 e. The molecule has 4 N–H and O–H groups in total. The Labute approximate surface area is 357 Å². The minimum Gasteiger partial charge on any atom is -0.858 e. The number of hydrogen-bond acceptors (Lipinski definition) is 13. The predicted octanol–water partition coefficient (Wildman–Crippen LogP) is -3.14. The number of carboxylic acids is 1. The number of aliphatic imine (C=N–C) groups is 1. The maximum absolute atomic E-state index is 13.4. The van der Waals surface area contributed by atoms with Crippen LogP contribution in [0.25, 0.3) is 6.08 Å². The number of rotatable bonds is 10. The van der Waals surface area contributed by atoms with Gasteiger partial charge in [-0.3, -0.25) is 34.8 Å². The third-order valence-corrected chi connectivity index (χ3v) is 8.49. The van der Waals surface area contributed by atoms with Gasteiger partial charge in [0.15, 0.2) is 11.5 Å². The Balaban J connectivity index is 0.00000336. The number of hydrazone groups is 2. The Kier molecular flexibility index (Phi) is 14.2. The van der Waals surface area contributed by atoms with Gasteiger partial charge in [-0.1, -0.05) is 30.3 Å². The number of benzene rings is 4. The number of nitrogens with zero attached hydrogens (tertiary/aromatic N) is 3. The largest absolute Gasteiger partial charge is 1.00 e. The number of Topliss-reactive ketones (excluding diaryl/α,β-unsaturated/α-hetero) is 1. The molecule has 2 aliphatic rings. The summed E-state index contributed by atoms with van der Waals surface area (Å²) in [6, 6.07) is 24.7. The van der Waals surface area contributed by atoms with E-state index in [0.29, 0.717) is 22.6 Å². The van der Waals surface area contributed by atoms with Gasteiger partial charge in [-0.2, -0.15) is 18.6 Å². The summed E-state index contributed by atoms with van der Waals surface area (Å²) in [5.74, 6) is -4.10. The van der Waals surface area contributed by atoms with Crippen LogP contribution in [0.15, 0.2) is 141 Å². The van der Waals surface area contributed by atoms with Crippen molar-refractivity contribution in [3.8, 4) is 0 Å².